The Morgan fingerprint density at radius 3 is 2.65 bits per heavy atom. The predicted octanol–water partition coefficient (Wildman–Crippen LogP) is 2.99. The number of hydrogen-bond donors (Lipinski definition) is 3. The minimum Gasteiger partial charge on any atom is -0.384 e. The number of hydrogen-bond acceptors (Lipinski definition) is 3. The van der Waals surface area contributed by atoms with Crippen LogP contribution in [-0.2, 0) is 5.60 Å². The molecule has 0 aromatic heterocycles. The van der Waals surface area contributed by atoms with Gasteiger partial charge in [0.2, 0.25) is 0 Å². The lowest BCUT2D eigenvalue weighted by molar-refractivity contribution is 0.0672. The highest BCUT2D eigenvalue weighted by Gasteiger charge is 2.22. The minimum atomic E-state index is -0.971. The van der Waals surface area contributed by atoms with E-state index in [2.05, 4.69) is 22.2 Å². The van der Waals surface area contributed by atoms with E-state index in [0.29, 0.717) is 6.54 Å². The number of guanidine groups is 1. The lowest BCUT2D eigenvalue weighted by Gasteiger charge is -2.22. The van der Waals surface area contributed by atoms with Crippen molar-refractivity contribution in [3.05, 3.63) is 48.6 Å². The summed E-state index contributed by atoms with van der Waals surface area (Å²) in [6.45, 7) is 9.45. The maximum absolute atomic E-state index is 10.6. The van der Waals surface area contributed by atoms with E-state index in [1.165, 1.54) is 0 Å². The molecule has 0 aliphatic heterocycles. The van der Waals surface area contributed by atoms with Crippen LogP contribution in [0.5, 0.6) is 0 Å². The van der Waals surface area contributed by atoms with E-state index in [0.717, 1.165) is 36.1 Å². The molecular formula is C17H28IN3OS. The van der Waals surface area contributed by atoms with E-state index in [-0.39, 0.29) is 24.0 Å². The molecule has 0 saturated heterocycles. The maximum Gasteiger partial charge on any atom is 0.191 e. The smallest absolute Gasteiger partial charge is 0.191 e. The van der Waals surface area contributed by atoms with Crippen LogP contribution >= 0.6 is 35.7 Å². The van der Waals surface area contributed by atoms with Crippen LogP contribution in [0.1, 0.15) is 19.4 Å². The third kappa shape index (κ3) is 9.22. The Bertz CT molecular complexity index is 466. The van der Waals surface area contributed by atoms with Crippen molar-refractivity contribution in [1.29, 1.82) is 0 Å². The van der Waals surface area contributed by atoms with Crippen molar-refractivity contribution < 1.29 is 5.11 Å². The first kappa shape index (κ1) is 22.3. The van der Waals surface area contributed by atoms with Gasteiger partial charge in [0.05, 0.1) is 6.54 Å². The van der Waals surface area contributed by atoms with Gasteiger partial charge in [-0.2, -0.15) is 11.8 Å². The fourth-order valence-corrected chi connectivity index (χ4v) is 2.45. The number of aliphatic hydroxyl groups is 1. The number of nitrogens with zero attached hydrogens (tertiary/aromatic N) is 1. The third-order valence-corrected chi connectivity index (χ3v) is 4.02. The molecule has 1 atom stereocenters. The van der Waals surface area contributed by atoms with Crippen molar-refractivity contribution in [3.8, 4) is 0 Å². The largest absolute Gasteiger partial charge is 0.384 e. The molecule has 0 bridgehead atoms. The summed E-state index contributed by atoms with van der Waals surface area (Å²) in [6, 6.07) is 9.63. The highest BCUT2D eigenvalue weighted by molar-refractivity contribution is 14.0. The zero-order valence-corrected chi connectivity index (χ0v) is 17.1. The SMILES string of the molecule is C=CCSCCNC(=NCC(C)(O)c1ccccc1)NCC.I. The average molecular weight is 449 g/mol. The molecule has 0 heterocycles. The molecule has 0 amide bonds. The van der Waals surface area contributed by atoms with Gasteiger partial charge in [-0.15, -0.1) is 30.6 Å². The molecule has 1 unspecified atom stereocenters. The lowest BCUT2D eigenvalue weighted by atomic mass is 9.96. The quantitative estimate of drug-likeness (QED) is 0.178. The van der Waals surface area contributed by atoms with Gasteiger partial charge >= 0.3 is 0 Å². The molecule has 1 aromatic carbocycles. The monoisotopic (exact) mass is 449 g/mol. The second-order valence-electron chi connectivity index (χ2n) is 5.13. The molecule has 4 nitrogen and oxygen atoms in total. The molecule has 0 fully saturated rings. The molecule has 6 heteroatoms. The van der Waals surface area contributed by atoms with Gasteiger partial charge in [0, 0.05) is 24.6 Å². The van der Waals surface area contributed by atoms with Crippen LogP contribution in [-0.4, -0.2) is 42.2 Å². The van der Waals surface area contributed by atoms with E-state index in [4.69, 9.17) is 0 Å². The number of halogens is 1. The Labute approximate surface area is 161 Å². The summed E-state index contributed by atoms with van der Waals surface area (Å²) in [4.78, 5) is 4.49. The summed E-state index contributed by atoms with van der Waals surface area (Å²) >= 11 is 1.82. The van der Waals surface area contributed by atoms with Gasteiger partial charge in [-0.3, -0.25) is 0 Å². The Morgan fingerprint density at radius 2 is 2.04 bits per heavy atom. The summed E-state index contributed by atoms with van der Waals surface area (Å²) in [5, 5.41) is 17.0. The normalized spacial score (nSPS) is 13.6. The predicted molar refractivity (Wildman–Crippen MR) is 113 cm³/mol. The van der Waals surface area contributed by atoms with Crippen molar-refractivity contribution in [2.75, 3.05) is 31.1 Å². The topological polar surface area (TPSA) is 56.7 Å². The second-order valence-corrected chi connectivity index (χ2v) is 6.28. The van der Waals surface area contributed by atoms with E-state index in [9.17, 15) is 5.11 Å². The molecule has 1 rings (SSSR count). The van der Waals surface area contributed by atoms with Gasteiger partial charge < -0.3 is 15.7 Å². The number of benzene rings is 1. The molecule has 130 valence electrons. The second kappa shape index (κ2) is 12.7. The van der Waals surface area contributed by atoms with Crippen LogP contribution in [0.15, 0.2) is 48.0 Å². The first-order chi connectivity index (χ1) is 10.6. The van der Waals surface area contributed by atoms with Gasteiger partial charge in [-0.05, 0) is 19.4 Å². The zero-order chi connectivity index (χ0) is 16.3. The van der Waals surface area contributed by atoms with Gasteiger partial charge in [0.1, 0.15) is 5.60 Å². The highest BCUT2D eigenvalue weighted by atomic mass is 127. The van der Waals surface area contributed by atoms with Crippen molar-refractivity contribution in [3.63, 3.8) is 0 Å². The number of aliphatic imine (C=N–C) groups is 1. The zero-order valence-electron chi connectivity index (χ0n) is 13.9. The molecule has 0 radical (unpaired) electrons. The van der Waals surface area contributed by atoms with Crippen LogP contribution in [0.2, 0.25) is 0 Å². The molecule has 0 saturated carbocycles. The van der Waals surface area contributed by atoms with Gasteiger partial charge in [0.25, 0.3) is 0 Å². The molecule has 23 heavy (non-hydrogen) atoms. The maximum atomic E-state index is 10.6. The van der Waals surface area contributed by atoms with E-state index >= 15 is 0 Å². The number of nitrogens with one attached hydrogen (secondary N) is 2. The van der Waals surface area contributed by atoms with Crippen LogP contribution in [0, 0.1) is 0 Å². The van der Waals surface area contributed by atoms with Crippen molar-refractivity contribution >= 4 is 41.7 Å². The molecule has 0 aliphatic carbocycles. The van der Waals surface area contributed by atoms with Crippen LogP contribution in [0.3, 0.4) is 0 Å². The summed E-state index contributed by atoms with van der Waals surface area (Å²) in [5.74, 6) is 2.68. The number of thioether (sulfide) groups is 1. The first-order valence-corrected chi connectivity index (χ1v) is 8.74. The summed E-state index contributed by atoms with van der Waals surface area (Å²) in [5.41, 5.74) is -0.0996. The number of rotatable bonds is 9. The lowest BCUT2D eigenvalue weighted by Crippen LogP contribution is -2.39. The van der Waals surface area contributed by atoms with Crippen LogP contribution in [0.4, 0.5) is 0 Å². The molecule has 1 aromatic rings. The van der Waals surface area contributed by atoms with Crippen molar-refractivity contribution in [2.45, 2.75) is 19.4 Å². The third-order valence-electron chi connectivity index (χ3n) is 3.06. The standard InChI is InChI=1S/C17H27N3OS.HI/c1-4-12-22-13-11-19-16(18-5-2)20-14-17(3,21)15-9-7-6-8-10-15;/h4,6-10,21H,1,5,11-14H2,2-3H3,(H2,18,19,20);1H. The Hall–Kier alpha value is -0.730. The van der Waals surface area contributed by atoms with Gasteiger partial charge in [-0.25, -0.2) is 4.99 Å². The summed E-state index contributed by atoms with van der Waals surface area (Å²) < 4.78 is 0. The molecular weight excluding hydrogens is 421 g/mol. The van der Waals surface area contributed by atoms with E-state index in [1.807, 2.05) is 55.1 Å². The Balaban J connectivity index is 0.00000484. The molecule has 0 spiro atoms. The molecule has 3 N–H and O–H groups in total. The van der Waals surface area contributed by atoms with E-state index in [1.54, 1.807) is 6.92 Å². The fraction of sp³-hybridized carbons (Fsp3) is 0.471. The summed E-state index contributed by atoms with van der Waals surface area (Å²) in [6.07, 6.45) is 1.90. The first-order valence-electron chi connectivity index (χ1n) is 7.59. The average Bonchev–Trinajstić information content (AvgIpc) is 2.53. The fourth-order valence-electron chi connectivity index (χ4n) is 1.87. The minimum absolute atomic E-state index is 0. The van der Waals surface area contributed by atoms with Crippen LogP contribution < -0.4 is 10.6 Å². The highest BCUT2D eigenvalue weighted by Crippen LogP contribution is 2.20. The van der Waals surface area contributed by atoms with Gasteiger partial charge in [-0.1, -0.05) is 36.4 Å². The molecule has 0 aliphatic rings. The van der Waals surface area contributed by atoms with Gasteiger partial charge in [0.15, 0.2) is 5.96 Å². The van der Waals surface area contributed by atoms with Crippen molar-refractivity contribution in [2.24, 2.45) is 4.99 Å². The van der Waals surface area contributed by atoms with E-state index < -0.39 is 5.60 Å². The Kier molecular flexibility index (Phi) is 12.3. The Morgan fingerprint density at radius 1 is 1.35 bits per heavy atom. The van der Waals surface area contributed by atoms with Crippen molar-refractivity contribution in [1.82, 2.24) is 10.6 Å². The van der Waals surface area contributed by atoms with Crippen LogP contribution in [0.25, 0.3) is 0 Å². The summed E-state index contributed by atoms with van der Waals surface area (Å²) in [7, 11) is 0.